The highest BCUT2D eigenvalue weighted by atomic mass is 35.5. The number of rotatable bonds is 2. The molecule has 0 atom stereocenters. The third kappa shape index (κ3) is 1.63. The molecular weight excluding hydrogens is 226 g/mol. The van der Waals surface area contributed by atoms with Gasteiger partial charge in [0.05, 0.1) is 18.2 Å². The maximum absolute atomic E-state index is 10.9. The summed E-state index contributed by atoms with van der Waals surface area (Å²) in [4.78, 5) is 15.1. The molecule has 0 saturated heterocycles. The number of aryl methyl sites for hydroxylation is 1. The van der Waals surface area contributed by atoms with Gasteiger partial charge in [0.2, 0.25) is 0 Å². The molecule has 0 radical (unpaired) electrons. The Labute approximate surface area is 98.0 Å². The van der Waals surface area contributed by atoms with Crippen LogP contribution in [0.1, 0.15) is 15.9 Å². The third-order valence-corrected chi connectivity index (χ3v) is 2.86. The van der Waals surface area contributed by atoms with Crippen LogP contribution < -0.4 is 4.74 Å². The summed E-state index contributed by atoms with van der Waals surface area (Å²) in [6, 6.07) is 5.48. The van der Waals surface area contributed by atoms with Gasteiger partial charge in [-0.3, -0.25) is 4.79 Å². The molecule has 0 spiro atoms. The number of aldehydes is 1. The highest BCUT2D eigenvalue weighted by molar-refractivity contribution is 6.32. The van der Waals surface area contributed by atoms with Crippen LogP contribution >= 0.6 is 11.6 Å². The van der Waals surface area contributed by atoms with Crippen molar-refractivity contribution in [2.45, 2.75) is 6.92 Å². The molecule has 1 aromatic carbocycles. The van der Waals surface area contributed by atoms with Gasteiger partial charge in [-0.2, -0.15) is 0 Å². The minimum atomic E-state index is 0.241. The molecule has 0 aliphatic heterocycles. The zero-order chi connectivity index (χ0) is 11.7. The smallest absolute Gasteiger partial charge is 0.153 e. The van der Waals surface area contributed by atoms with E-state index in [0.717, 1.165) is 28.5 Å². The van der Waals surface area contributed by atoms with E-state index in [2.05, 4.69) is 4.98 Å². The summed E-state index contributed by atoms with van der Waals surface area (Å²) in [5.74, 6) is 0.733. The summed E-state index contributed by atoms with van der Waals surface area (Å²) < 4.78 is 5.13. The average molecular weight is 236 g/mol. The van der Waals surface area contributed by atoms with Crippen molar-refractivity contribution in [3.8, 4) is 5.75 Å². The minimum Gasteiger partial charge on any atom is -0.497 e. The van der Waals surface area contributed by atoms with Crippen molar-refractivity contribution in [3.63, 3.8) is 0 Å². The van der Waals surface area contributed by atoms with Crippen LogP contribution in [0.2, 0.25) is 5.15 Å². The SMILES string of the molecule is COc1ccc2nc(Cl)c(C=O)c(C)c2c1. The molecule has 3 nitrogen and oxygen atoms in total. The van der Waals surface area contributed by atoms with Gasteiger partial charge in [0.15, 0.2) is 6.29 Å². The number of hydrogen-bond acceptors (Lipinski definition) is 3. The Kier molecular flexibility index (Phi) is 2.79. The Morgan fingerprint density at radius 2 is 2.19 bits per heavy atom. The average Bonchev–Trinajstić information content (AvgIpc) is 2.29. The van der Waals surface area contributed by atoms with Gasteiger partial charge in [-0.1, -0.05) is 11.6 Å². The minimum absolute atomic E-state index is 0.241. The summed E-state index contributed by atoms with van der Waals surface area (Å²) in [7, 11) is 1.60. The second-order valence-electron chi connectivity index (χ2n) is 3.44. The Morgan fingerprint density at radius 3 is 2.81 bits per heavy atom. The second-order valence-corrected chi connectivity index (χ2v) is 3.80. The summed E-state index contributed by atoms with van der Waals surface area (Å²) in [6.07, 6.45) is 0.726. The lowest BCUT2D eigenvalue weighted by Crippen LogP contribution is -1.94. The molecule has 82 valence electrons. The van der Waals surface area contributed by atoms with Crippen LogP contribution in [0.4, 0.5) is 0 Å². The van der Waals surface area contributed by atoms with Gasteiger partial charge < -0.3 is 4.74 Å². The molecule has 4 heteroatoms. The zero-order valence-corrected chi connectivity index (χ0v) is 9.71. The summed E-state index contributed by atoms with van der Waals surface area (Å²) in [5.41, 5.74) is 2.01. The molecule has 2 aromatic rings. The van der Waals surface area contributed by atoms with Crippen molar-refractivity contribution in [2.75, 3.05) is 7.11 Å². The zero-order valence-electron chi connectivity index (χ0n) is 8.95. The fourth-order valence-corrected chi connectivity index (χ4v) is 1.92. The predicted octanol–water partition coefficient (Wildman–Crippen LogP) is 3.02. The van der Waals surface area contributed by atoms with Gasteiger partial charge in [0.1, 0.15) is 10.9 Å². The monoisotopic (exact) mass is 235 g/mol. The number of nitrogens with zero attached hydrogens (tertiary/aromatic N) is 1. The number of fused-ring (bicyclic) bond motifs is 1. The van der Waals surface area contributed by atoms with Crippen LogP contribution in [-0.2, 0) is 0 Å². The van der Waals surface area contributed by atoms with Crippen molar-refractivity contribution in [1.29, 1.82) is 0 Å². The van der Waals surface area contributed by atoms with E-state index < -0.39 is 0 Å². The fraction of sp³-hybridized carbons (Fsp3) is 0.167. The maximum Gasteiger partial charge on any atom is 0.153 e. The molecule has 0 fully saturated rings. The van der Waals surface area contributed by atoms with E-state index in [9.17, 15) is 4.79 Å². The van der Waals surface area contributed by atoms with Gasteiger partial charge >= 0.3 is 0 Å². The second kappa shape index (κ2) is 4.10. The van der Waals surface area contributed by atoms with Gasteiger partial charge in [-0.25, -0.2) is 4.98 Å². The molecule has 2 rings (SSSR count). The highest BCUT2D eigenvalue weighted by Crippen LogP contribution is 2.27. The van der Waals surface area contributed by atoms with Crippen molar-refractivity contribution in [1.82, 2.24) is 4.98 Å². The molecule has 0 aliphatic carbocycles. The topological polar surface area (TPSA) is 39.2 Å². The first kappa shape index (κ1) is 10.9. The predicted molar refractivity (Wildman–Crippen MR) is 63.4 cm³/mol. The maximum atomic E-state index is 10.9. The number of ether oxygens (including phenoxy) is 1. The highest BCUT2D eigenvalue weighted by Gasteiger charge is 2.10. The Bertz CT molecular complexity index is 566. The standard InChI is InChI=1S/C12H10ClNO2/c1-7-9-5-8(16-2)3-4-11(9)14-12(13)10(7)6-15/h3-6H,1-2H3. The number of halogens is 1. The number of pyridine rings is 1. The van der Waals surface area contributed by atoms with Crippen molar-refractivity contribution in [2.24, 2.45) is 0 Å². The number of methoxy groups -OCH3 is 1. The lowest BCUT2D eigenvalue weighted by Gasteiger charge is -2.07. The Balaban J connectivity index is 2.83. The van der Waals surface area contributed by atoms with Crippen LogP contribution in [-0.4, -0.2) is 18.4 Å². The van der Waals surface area contributed by atoms with Crippen LogP contribution in [0.25, 0.3) is 10.9 Å². The van der Waals surface area contributed by atoms with Crippen molar-refractivity contribution >= 4 is 28.8 Å². The first-order valence-electron chi connectivity index (χ1n) is 4.76. The Hall–Kier alpha value is -1.61. The molecule has 0 N–H and O–H groups in total. The molecule has 1 aromatic heterocycles. The molecule has 1 heterocycles. The van der Waals surface area contributed by atoms with Crippen LogP contribution in [0, 0.1) is 6.92 Å². The Morgan fingerprint density at radius 1 is 1.44 bits per heavy atom. The number of hydrogen-bond donors (Lipinski definition) is 0. The normalized spacial score (nSPS) is 10.4. The van der Waals surface area contributed by atoms with Crippen molar-refractivity contribution in [3.05, 3.63) is 34.5 Å². The quantitative estimate of drug-likeness (QED) is 0.593. The fourth-order valence-electron chi connectivity index (χ4n) is 1.64. The molecule has 0 bridgehead atoms. The molecular formula is C12H10ClNO2. The first-order chi connectivity index (χ1) is 7.67. The van der Waals surface area contributed by atoms with E-state index in [1.54, 1.807) is 7.11 Å². The van der Waals surface area contributed by atoms with Gasteiger partial charge in [-0.15, -0.1) is 0 Å². The van der Waals surface area contributed by atoms with E-state index in [1.165, 1.54) is 0 Å². The lowest BCUT2D eigenvalue weighted by atomic mass is 10.1. The molecule has 0 aliphatic rings. The van der Waals surface area contributed by atoms with E-state index >= 15 is 0 Å². The van der Waals surface area contributed by atoms with Crippen molar-refractivity contribution < 1.29 is 9.53 Å². The van der Waals surface area contributed by atoms with E-state index in [-0.39, 0.29) is 5.15 Å². The van der Waals surface area contributed by atoms with Gasteiger partial charge in [0.25, 0.3) is 0 Å². The number of benzene rings is 1. The van der Waals surface area contributed by atoms with Crippen LogP contribution in [0.15, 0.2) is 18.2 Å². The summed E-state index contributed by atoms with van der Waals surface area (Å²) >= 11 is 5.91. The van der Waals surface area contributed by atoms with Gasteiger partial charge in [0, 0.05) is 5.39 Å². The summed E-state index contributed by atoms with van der Waals surface area (Å²) in [5, 5.41) is 1.12. The van der Waals surface area contributed by atoms with E-state index in [4.69, 9.17) is 16.3 Å². The molecule has 0 saturated carbocycles. The number of carbonyl (C=O) groups excluding carboxylic acids is 1. The van der Waals surface area contributed by atoms with E-state index in [0.29, 0.717) is 5.56 Å². The number of aromatic nitrogens is 1. The van der Waals surface area contributed by atoms with Gasteiger partial charge in [-0.05, 0) is 30.7 Å². The molecule has 0 unspecified atom stereocenters. The lowest BCUT2D eigenvalue weighted by molar-refractivity contribution is 0.112. The summed E-state index contributed by atoms with van der Waals surface area (Å²) in [6.45, 7) is 1.85. The molecule has 0 amide bonds. The number of carbonyl (C=O) groups is 1. The largest absolute Gasteiger partial charge is 0.497 e. The first-order valence-corrected chi connectivity index (χ1v) is 5.14. The van der Waals surface area contributed by atoms with Crippen LogP contribution in [0.5, 0.6) is 5.75 Å². The molecule has 16 heavy (non-hydrogen) atoms. The van der Waals surface area contributed by atoms with Crippen LogP contribution in [0.3, 0.4) is 0 Å². The van der Waals surface area contributed by atoms with E-state index in [1.807, 2.05) is 25.1 Å². The third-order valence-electron chi connectivity index (χ3n) is 2.57.